The van der Waals surface area contributed by atoms with Crippen molar-refractivity contribution in [2.45, 2.75) is 33.1 Å². The molecule has 0 fully saturated rings. The van der Waals surface area contributed by atoms with Gasteiger partial charge in [0.25, 0.3) is 0 Å². The van der Waals surface area contributed by atoms with E-state index in [0.717, 1.165) is 37.8 Å². The molecule has 3 atom stereocenters. The van der Waals surface area contributed by atoms with E-state index in [-0.39, 0.29) is 5.92 Å². The molecule has 0 bridgehead atoms. The van der Waals surface area contributed by atoms with E-state index in [1.807, 2.05) is 12.2 Å². The third kappa shape index (κ3) is 8.70. The van der Waals surface area contributed by atoms with E-state index in [1.165, 1.54) is 0 Å². The summed E-state index contributed by atoms with van der Waals surface area (Å²) in [7, 11) is 0. The molecule has 3 N–H and O–H groups in total. The zero-order valence-corrected chi connectivity index (χ0v) is 13.0. The van der Waals surface area contributed by atoms with Gasteiger partial charge in [-0.1, -0.05) is 39.2 Å². The lowest BCUT2D eigenvalue weighted by Crippen LogP contribution is -2.22. The maximum absolute atomic E-state index is 11.1. The van der Waals surface area contributed by atoms with Gasteiger partial charge >= 0.3 is 0 Å². The summed E-state index contributed by atoms with van der Waals surface area (Å²) in [4.78, 5) is 11.1. The van der Waals surface area contributed by atoms with E-state index in [4.69, 9.17) is 5.73 Å². The topological polar surface area (TPSA) is 55.1 Å². The Morgan fingerprint density at radius 1 is 1.35 bits per heavy atom. The van der Waals surface area contributed by atoms with Crippen molar-refractivity contribution < 1.29 is 4.79 Å². The highest BCUT2D eigenvalue weighted by atomic mass is 16.1. The van der Waals surface area contributed by atoms with Gasteiger partial charge in [0.2, 0.25) is 0 Å². The summed E-state index contributed by atoms with van der Waals surface area (Å²) in [6, 6.07) is 0. The molecule has 0 aromatic rings. The third-order valence-corrected chi connectivity index (χ3v) is 3.75. The number of hydrogen-bond acceptors (Lipinski definition) is 3. The average Bonchev–Trinajstić information content (AvgIpc) is 2.46. The SMILES string of the molecule is C=C/C=C\C(=C)NCCCC(C=O)CC(C)C(C)CN. The number of aldehydes is 1. The van der Waals surface area contributed by atoms with Crippen LogP contribution in [0.3, 0.4) is 0 Å². The molecule has 0 aromatic carbocycles. The number of allylic oxidation sites excluding steroid dienone is 3. The van der Waals surface area contributed by atoms with Crippen molar-refractivity contribution in [1.82, 2.24) is 5.32 Å². The second kappa shape index (κ2) is 11.5. The molecule has 0 saturated heterocycles. The van der Waals surface area contributed by atoms with E-state index < -0.39 is 0 Å². The normalized spacial score (nSPS) is 15.6. The van der Waals surface area contributed by atoms with Gasteiger partial charge in [-0.15, -0.1) is 0 Å². The summed E-state index contributed by atoms with van der Waals surface area (Å²) < 4.78 is 0. The average molecular weight is 278 g/mol. The van der Waals surface area contributed by atoms with Gasteiger partial charge < -0.3 is 15.8 Å². The van der Waals surface area contributed by atoms with Crippen molar-refractivity contribution >= 4 is 6.29 Å². The van der Waals surface area contributed by atoms with Gasteiger partial charge in [-0.25, -0.2) is 0 Å². The molecule has 0 aromatic heterocycles. The highest BCUT2D eigenvalue weighted by Crippen LogP contribution is 2.21. The first-order valence-electron chi connectivity index (χ1n) is 7.42. The van der Waals surface area contributed by atoms with Gasteiger partial charge in [-0.3, -0.25) is 0 Å². The van der Waals surface area contributed by atoms with Crippen LogP contribution in [0.4, 0.5) is 0 Å². The van der Waals surface area contributed by atoms with Gasteiger partial charge in [-0.2, -0.15) is 0 Å². The summed E-state index contributed by atoms with van der Waals surface area (Å²) >= 11 is 0. The predicted molar refractivity (Wildman–Crippen MR) is 87.3 cm³/mol. The number of carbonyl (C=O) groups is 1. The summed E-state index contributed by atoms with van der Waals surface area (Å²) in [6.07, 6.45) is 9.35. The first-order valence-corrected chi connectivity index (χ1v) is 7.42. The Kier molecular flexibility index (Phi) is 10.7. The Labute approximate surface area is 124 Å². The van der Waals surface area contributed by atoms with Crippen molar-refractivity contribution in [3.63, 3.8) is 0 Å². The Morgan fingerprint density at radius 3 is 2.60 bits per heavy atom. The van der Waals surface area contributed by atoms with Crippen LogP contribution >= 0.6 is 0 Å². The van der Waals surface area contributed by atoms with Crippen molar-refractivity contribution in [3.05, 3.63) is 37.1 Å². The number of carbonyl (C=O) groups excluding carboxylic acids is 1. The molecule has 114 valence electrons. The highest BCUT2D eigenvalue weighted by Gasteiger charge is 2.16. The van der Waals surface area contributed by atoms with Crippen molar-refractivity contribution in [2.24, 2.45) is 23.5 Å². The van der Waals surface area contributed by atoms with Crippen LogP contribution in [0, 0.1) is 17.8 Å². The second-order valence-corrected chi connectivity index (χ2v) is 5.51. The van der Waals surface area contributed by atoms with Gasteiger partial charge in [0.15, 0.2) is 0 Å². The first-order chi connectivity index (χ1) is 9.54. The number of hydrogen-bond donors (Lipinski definition) is 2. The van der Waals surface area contributed by atoms with Crippen LogP contribution in [0.25, 0.3) is 0 Å². The number of nitrogens with one attached hydrogen (secondary N) is 1. The van der Waals surface area contributed by atoms with E-state index in [1.54, 1.807) is 6.08 Å². The molecule has 0 saturated carbocycles. The van der Waals surface area contributed by atoms with Crippen LogP contribution in [0.5, 0.6) is 0 Å². The maximum atomic E-state index is 11.1. The Hall–Kier alpha value is -1.35. The fourth-order valence-corrected chi connectivity index (χ4v) is 2.04. The minimum atomic E-state index is 0.137. The fraction of sp³-hybridized carbons (Fsp3) is 0.588. The highest BCUT2D eigenvalue weighted by molar-refractivity contribution is 5.53. The molecule has 3 unspecified atom stereocenters. The predicted octanol–water partition coefficient (Wildman–Crippen LogP) is 3.05. The summed E-state index contributed by atoms with van der Waals surface area (Å²) in [5.74, 6) is 1.10. The molecule has 0 aliphatic heterocycles. The molecule has 0 heterocycles. The quantitative estimate of drug-likeness (QED) is 0.328. The molecule has 0 spiro atoms. The molecule has 0 rings (SSSR count). The fourth-order valence-electron chi connectivity index (χ4n) is 2.04. The summed E-state index contributed by atoms with van der Waals surface area (Å²) in [6.45, 7) is 13.3. The Morgan fingerprint density at radius 2 is 2.05 bits per heavy atom. The van der Waals surface area contributed by atoms with Gasteiger partial charge in [0.05, 0.1) is 0 Å². The Balaban J connectivity index is 3.90. The van der Waals surface area contributed by atoms with Gasteiger partial charge in [-0.05, 0) is 43.7 Å². The molecule has 0 amide bonds. The van der Waals surface area contributed by atoms with Crippen molar-refractivity contribution in [1.29, 1.82) is 0 Å². The number of nitrogens with two attached hydrogens (primary N) is 1. The summed E-state index contributed by atoms with van der Waals surface area (Å²) in [5.41, 5.74) is 6.54. The Bertz CT molecular complexity index is 323. The van der Waals surface area contributed by atoms with Gasteiger partial charge in [0, 0.05) is 18.2 Å². The lowest BCUT2D eigenvalue weighted by Gasteiger charge is -2.21. The maximum Gasteiger partial charge on any atom is 0.123 e. The molecular formula is C17H30N2O. The molecule has 20 heavy (non-hydrogen) atoms. The second-order valence-electron chi connectivity index (χ2n) is 5.51. The molecule has 0 aliphatic carbocycles. The van der Waals surface area contributed by atoms with Gasteiger partial charge in [0.1, 0.15) is 6.29 Å². The van der Waals surface area contributed by atoms with Crippen LogP contribution in [0.15, 0.2) is 37.1 Å². The monoisotopic (exact) mass is 278 g/mol. The lowest BCUT2D eigenvalue weighted by atomic mass is 9.85. The lowest BCUT2D eigenvalue weighted by molar-refractivity contribution is -0.111. The van der Waals surface area contributed by atoms with Crippen LogP contribution in [0.1, 0.15) is 33.1 Å². The van der Waals surface area contributed by atoms with E-state index in [2.05, 4.69) is 32.3 Å². The van der Waals surface area contributed by atoms with Crippen LogP contribution < -0.4 is 11.1 Å². The largest absolute Gasteiger partial charge is 0.386 e. The van der Waals surface area contributed by atoms with Crippen LogP contribution in [-0.4, -0.2) is 19.4 Å². The zero-order chi connectivity index (χ0) is 15.4. The van der Waals surface area contributed by atoms with Crippen molar-refractivity contribution in [3.8, 4) is 0 Å². The van der Waals surface area contributed by atoms with Crippen LogP contribution in [0.2, 0.25) is 0 Å². The molecule has 3 nitrogen and oxygen atoms in total. The molecule has 0 radical (unpaired) electrons. The molecule has 0 aliphatic rings. The smallest absolute Gasteiger partial charge is 0.123 e. The minimum absolute atomic E-state index is 0.137. The van der Waals surface area contributed by atoms with E-state index in [9.17, 15) is 4.79 Å². The number of rotatable bonds is 12. The minimum Gasteiger partial charge on any atom is -0.386 e. The third-order valence-electron chi connectivity index (χ3n) is 3.75. The van der Waals surface area contributed by atoms with Crippen molar-refractivity contribution in [2.75, 3.05) is 13.1 Å². The standard InChI is InChI=1S/C17H30N2O/c1-5-6-8-16(4)19-10-7-9-17(13-20)11-14(2)15(3)12-18/h5-6,8,13-15,17,19H,1,4,7,9-12,18H2,2-3H3/b8-6-. The summed E-state index contributed by atoms with van der Waals surface area (Å²) in [5, 5.41) is 3.22. The van der Waals surface area contributed by atoms with Crippen LogP contribution in [-0.2, 0) is 4.79 Å². The zero-order valence-electron chi connectivity index (χ0n) is 13.0. The molecule has 3 heteroatoms. The van der Waals surface area contributed by atoms with E-state index >= 15 is 0 Å². The first kappa shape index (κ1) is 18.7. The van der Waals surface area contributed by atoms with E-state index in [0.29, 0.717) is 18.4 Å². The molecular weight excluding hydrogens is 248 g/mol.